The van der Waals surface area contributed by atoms with Crippen molar-refractivity contribution < 1.29 is 14.3 Å². The standard InChI is InChI=1S/C23H39N5O3.HI/c1-4-19(5-2)21(28-10-12-30-13-11-28)16-27-23(25-6-3)26-15-18-8-7-9-20(14-18)31-17-22(24)29;/h7-9,14,19,21H,4-6,10-13,15-17H2,1-3H3,(H2,24,29)(H2,25,26,27);1H. The molecule has 1 aromatic rings. The highest BCUT2D eigenvalue weighted by Crippen LogP contribution is 2.19. The van der Waals surface area contributed by atoms with Crippen molar-refractivity contribution in [2.75, 3.05) is 46.0 Å². The second kappa shape index (κ2) is 16.1. The summed E-state index contributed by atoms with van der Waals surface area (Å²) in [5.41, 5.74) is 6.15. The highest BCUT2D eigenvalue weighted by molar-refractivity contribution is 14.0. The molecule has 0 saturated carbocycles. The minimum absolute atomic E-state index is 0. The Balaban J connectivity index is 0.00000512. The minimum Gasteiger partial charge on any atom is -0.484 e. The molecule has 4 N–H and O–H groups in total. The van der Waals surface area contributed by atoms with Gasteiger partial charge in [-0.15, -0.1) is 24.0 Å². The zero-order valence-corrected chi connectivity index (χ0v) is 22.0. The van der Waals surface area contributed by atoms with Crippen LogP contribution in [-0.2, 0) is 16.1 Å². The lowest BCUT2D eigenvalue weighted by Crippen LogP contribution is -2.53. The summed E-state index contributed by atoms with van der Waals surface area (Å²) in [6, 6.07) is 8.03. The molecular weight excluding hydrogens is 521 g/mol. The SMILES string of the molecule is CCNC(=NCc1cccc(OCC(N)=O)c1)NCC(C(CC)CC)N1CCOCC1.I. The fraction of sp³-hybridized carbons (Fsp3) is 0.652. The van der Waals surface area contributed by atoms with Gasteiger partial charge in [-0.05, 0) is 30.5 Å². The van der Waals surface area contributed by atoms with E-state index in [-0.39, 0.29) is 30.6 Å². The molecular formula is C23H40IN5O3. The fourth-order valence-corrected chi connectivity index (χ4v) is 3.94. The Kier molecular flexibility index (Phi) is 14.3. The van der Waals surface area contributed by atoms with E-state index in [9.17, 15) is 4.79 Å². The number of guanidine groups is 1. The van der Waals surface area contributed by atoms with Crippen molar-refractivity contribution in [1.29, 1.82) is 0 Å². The molecule has 1 aliphatic rings. The summed E-state index contributed by atoms with van der Waals surface area (Å²) in [4.78, 5) is 18.2. The second-order valence-corrected chi connectivity index (χ2v) is 7.77. The van der Waals surface area contributed by atoms with Crippen LogP contribution < -0.4 is 21.1 Å². The van der Waals surface area contributed by atoms with E-state index in [1.807, 2.05) is 24.3 Å². The molecule has 1 unspecified atom stereocenters. The van der Waals surface area contributed by atoms with Crippen LogP contribution in [0.2, 0.25) is 0 Å². The number of rotatable bonds is 12. The monoisotopic (exact) mass is 561 g/mol. The van der Waals surface area contributed by atoms with Crippen molar-refractivity contribution in [3.63, 3.8) is 0 Å². The van der Waals surface area contributed by atoms with Gasteiger partial charge in [-0.3, -0.25) is 9.69 Å². The average molecular weight is 562 g/mol. The first-order valence-electron chi connectivity index (χ1n) is 11.4. The van der Waals surface area contributed by atoms with E-state index in [0.717, 1.165) is 63.8 Å². The predicted octanol–water partition coefficient (Wildman–Crippen LogP) is 2.36. The number of halogens is 1. The van der Waals surface area contributed by atoms with Crippen molar-refractivity contribution in [3.05, 3.63) is 29.8 Å². The van der Waals surface area contributed by atoms with Gasteiger partial charge < -0.3 is 25.8 Å². The van der Waals surface area contributed by atoms with Gasteiger partial charge in [-0.2, -0.15) is 0 Å². The predicted molar refractivity (Wildman–Crippen MR) is 140 cm³/mol. The first kappa shape index (κ1) is 28.4. The molecule has 1 amide bonds. The maximum atomic E-state index is 10.9. The molecule has 32 heavy (non-hydrogen) atoms. The Morgan fingerprint density at radius 1 is 1.22 bits per heavy atom. The Morgan fingerprint density at radius 3 is 2.56 bits per heavy atom. The van der Waals surface area contributed by atoms with Crippen LogP contribution >= 0.6 is 24.0 Å². The third-order valence-electron chi connectivity index (χ3n) is 5.63. The Bertz CT molecular complexity index is 694. The molecule has 1 saturated heterocycles. The molecule has 0 bridgehead atoms. The highest BCUT2D eigenvalue weighted by atomic mass is 127. The molecule has 182 valence electrons. The first-order valence-corrected chi connectivity index (χ1v) is 11.4. The lowest BCUT2D eigenvalue weighted by molar-refractivity contribution is -0.119. The van der Waals surface area contributed by atoms with Crippen LogP contribution in [0.1, 0.15) is 39.2 Å². The molecule has 0 radical (unpaired) electrons. The molecule has 0 aromatic heterocycles. The van der Waals surface area contributed by atoms with Gasteiger partial charge in [0.25, 0.3) is 5.91 Å². The normalized spacial score (nSPS) is 15.7. The highest BCUT2D eigenvalue weighted by Gasteiger charge is 2.27. The van der Waals surface area contributed by atoms with Crippen LogP contribution in [0.4, 0.5) is 0 Å². The molecule has 0 spiro atoms. The number of primary amides is 1. The van der Waals surface area contributed by atoms with E-state index in [4.69, 9.17) is 20.2 Å². The average Bonchev–Trinajstić information content (AvgIpc) is 2.79. The molecule has 1 heterocycles. The number of ether oxygens (including phenoxy) is 2. The molecule has 2 rings (SSSR count). The van der Waals surface area contributed by atoms with Gasteiger partial charge in [0.1, 0.15) is 5.75 Å². The van der Waals surface area contributed by atoms with E-state index in [1.165, 1.54) is 0 Å². The number of amides is 1. The number of aliphatic imine (C=N–C) groups is 1. The number of morpholine rings is 1. The topological polar surface area (TPSA) is 101 Å². The summed E-state index contributed by atoms with van der Waals surface area (Å²) in [5.74, 6) is 1.56. The van der Waals surface area contributed by atoms with E-state index in [1.54, 1.807) is 0 Å². The van der Waals surface area contributed by atoms with Gasteiger partial charge in [0.05, 0.1) is 19.8 Å². The maximum absolute atomic E-state index is 10.9. The Labute approximate surface area is 209 Å². The largest absolute Gasteiger partial charge is 0.484 e. The van der Waals surface area contributed by atoms with Crippen LogP contribution in [0.5, 0.6) is 5.75 Å². The van der Waals surface area contributed by atoms with Crippen LogP contribution in [-0.4, -0.2) is 68.8 Å². The van der Waals surface area contributed by atoms with Crippen molar-refractivity contribution in [2.45, 2.75) is 46.2 Å². The van der Waals surface area contributed by atoms with E-state index < -0.39 is 5.91 Å². The molecule has 1 fully saturated rings. The number of carbonyl (C=O) groups is 1. The Hall–Kier alpha value is -1.59. The fourth-order valence-electron chi connectivity index (χ4n) is 3.94. The van der Waals surface area contributed by atoms with Crippen molar-refractivity contribution in [1.82, 2.24) is 15.5 Å². The van der Waals surface area contributed by atoms with Crippen LogP contribution in [0.25, 0.3) is 0 Å². The molecule has 0 aliphatic carbocycles. The third kappa shape index (κ3) is 9.91. The van der Waals surface area contributed by atoms with Crippen LogP contribution in [0.3, 0.4) is 0 Å². The summed E-state index contributed by atoms with van der Waals surface area (Å²) < 4.78 is 10.9. The summed E-state index contributed by atoms with van der Waals surface area (Å²) in [6.07, 6.45) is 2.32. The van der Waals surface area contributed by atoms with Gasteiger partial charge in [0.2, 0.25) is 0 Å². The summed E-state index contributed by atoms with van der Waals surface area (Å²) >= 11 is 0. The molecule has 8 nitrogen and oxygen atoms in total. The lowest BCUT2D eigenvalue weighted by atomic mass is 9.92. The molecule has 1 atom stereocenters. The second-order valence-electron chi connectivity index (χ2n) is 7.77. The number of benzene rings is 1. The van der Waals surface area contributed by atoms with E-state index in [2.05, 4.69) is 36.3 Å². The van der Waals surface area contributed by atoms with Gasteiger partial charge >= 0.3 is 0 Å². The maximum Gasteiger partial charge on any atom is 0.255 e. The van der Waals surface area contributed by atoms with Gasteiger partial charge in [-0.1, -0.05) is 38.8 Å². The number of hydrogen-bond donors (Lipinski definition) is 3. The summed E-state index contributed by atoms with van der Waals surface area (Å²) in [5, 5.41) is 6.90. The van der Waals surface area contributed by atoms with E-state index >= 15 is 0 Å². The molecule has 1 aromatic carbocycles. The van der Waals surface area contributed by atoms with Crippen LogP contribution in [0, 0.1) is 5.92 Å². The Morgan fingerprint density at radius 2 is 1.94 bits per heavy atom. The zero-order valence-electron chi connectivity index (χ0n) is 19.6. The van der Waals surface area contributed by atoms with Crippen molar-refractivity contribution in [3.8, 4) is 5.75 Å². The molecule has 1 aliphatic heterocycles. The van der Waals surface area contributed by atoms with Crippen molar-refractivity contribution in [2.24, 2.45) is 16.6 Å². The van der Waals surface area contributed by atoms with Crippen LogP contribution in [0.15, 0.2) is 29.3 Å². The van der Waals surface area contributed by atoms with Gasteiger partial charge in [-0.25, -0.2) is 4.99 Å². The molecule has 9 heteroatoms. The summed E-state index contributed by atoms with van der Waals surface area (Å²) in [6.45, 7) is 12.2. The van der Waals surface area contributed by atoms with Gasteiger partial charge in [0, 0.05) is 32.2 Å². The quantitative estimate of drug-likeness (QED) is 0.206. The third-order valence-corrected chi connectivity index (χ3v) is 5.63. The van der Waals surface area contributed by atoms with E-state index in [0.29, 0.717) is 24.3 Å². The van der Waals surface area contributed by atoms with Crippen molar-refractivity contribution >= 4 is 35.8 Å². The first-order chi connectivity index (χ1) is 15.1. The number of nitrogens with zero attached hydrogens (tertiary/aromatic N) is 2. The number of nitrogens with two attached hydrogens (primary N) is 1. The zero-order chi connectivity index (χ0) is 22.5. The smallest absolute Gasteiger partial charge is 0.255 e. The number of hydrogen-bond acceptors (Lipinski definition) is 5. The number of nitrogens with one attached hydrogen (secondary N) is 2. The lowest BCUT2D eigenvalue weighted by Gasteiger charge is -2.39. The van der Waals surface area contributed by atoms with Gasteiger partial charge in [0.15, 0.2) is 12.6 Å². The number of carbonyl (C=O) groups excluding carboxylic acids is 1. The minimum atomic E-state index is -0.491. The summed E-state index contributed by atoms with van der Waals surface area (Å²) in [7, 11) is 0.